The largest absolute Gasteiger partial charge is 0.474 e. The molecule has 310 valence electrons. The van der Waals surface area contributed by atoms with Crippen molar-refractivity contribution in [1.29, 1.82) is 0 Å². The third-order valence-electron chi connectivity index (χ3n) is 9.71. The second kappa shape index (κ2) is 39.7. The average Bonchev–Trinajstić information content (AvgIpc) is 3.15. The Kier molecular flexibility index (Phi) is 38.9. The van der Waals surface area contributed by atoms with Gasteiger partial charge in [0.15, 0.2) is 6.10 Å². The Balaban J connectivity index is 4.20. The van der Waals surface area contributed by atoms with Crippen molar-refractivity contribution in [2.75, 3.05) is 33.5 Å². The number of hydrogen-bond acceptors (Lipinski definition) is 9. The number of nitrogens with two attached hydrogens (primary N) is 1. The van der Waals surface area contributed by atoms with E-state index >= 15 is 0 Å². The maximum Gasteiger partial charge on any atom is 0.474 e. The van der Waals surface area contributed by atoms with Gasteiger partial charge in [0.1, 0.15) is 6.61 Å². The van der Waals surface area contributed by atoms with E-state index in [1.54, 1.807) is 0 Å². The van der Waals surface area contributed by atoms with E-state index in [9.17, 15) is 14.2 Å². The molecule has 9 nitrogen and oxygen atoms in total. The predicted octanol–water partition coefficient (Wildman–Crippen LogP) is 12.7. The van der Waals surface area contributed by atoms with E-state index in [4.69, 9.17) is 28.8 Å². The number of esters is 2. The van der Waals surface area contributed by atoms with Crippen LogP contribution >= 0.6 is 7.82 Å². The number of phosphoric ester groups is 1. The first-order chi connectivity index (χ1) is 25.4. The van der Waals surface area contributed by atoms with Gasteiger partial charge in [0.05, 0.1) is 13.2 Å². The molecule has 0 amide bonds. The van der Waals surface area contributed by atoms with Crippen LogP contribution in [0.25, 0.3) is 0 Å². The fourth-order valence-corrected chi connectivity index (χ4v) is 7.35. The molecule has 0 aliphatic rings. The summed E-state index contributed by atoms with van der Waals surface area (Å²) in [6.45, 7) is 4.20. The SMILES string of the molecule is CCCCCCCCCCCCCCCCCC(=O)OCC(COP(=O)(OC)OCCN)OC(=O)CCCCCCCCCCCCCCCCC. The van der Waals surface area contributed by atoms with Crippen LogP contribution in [0.1, 0.15) is 219 Å². The number of phosphoric acid groups is 1. The minimum absolute atomic E-state index is 0.0109. The monoisotopic (exact) mass is 762 g/mol. The Morgan fingerprint density at radius 3 is 1.19 bits per heavy atom. The summed E-state index contributed by atoms with van der Waals surface area (Å²) in [6.07, 6.45) is 37.4. The molecular formula is C42H84NO8P. The third kappa shape index (κ3) is 36.0. The number of carbonyl (C=O) groups is 2. The lowest BCUT2D eigenvalue weighted by Gasteiger charge is -2.21. The summed E-state index contributed by atoms with van der Waals surface area (Å²) < 4.78 is 39.2. The molecule has 0 saturated heterocycles. The summed E-state index contributed by atoms with van der Waals surface area (Å²) in [7, 11) is -2.66. The molecule has 10 heteroatoms. The minimum Gasteiger partial charge on any atom is -0.462 e. The molecule has 52 heavy (non-hydrogen) atoms. The van der Waals surface area contributed by atoms with Crippen LogP contribution in [-0.4, -0.2) is 51.5 Å². The molecule has 2 atom stereocenters. The number of carbonyl (C=O) groups excluding carboxylic acids is 2. The molecule has 0 aliphatic carbocycles. The van der Waals surface area contributed by atoms with Crippen LogP contribution in [0.2, 0.25) is 0 Å². The van der Waals surface area contributed by atoms with Gasteiger partial charge in [-0.1, -0.05) is 194 Å². The molecule has 0 saturated carbocycles. The van der Waals surface area contributed by atoms with Gasteiger partial charge in [-0.05, 0) is 12.8 Å². The van der Waals surface area contributed by atoms with E-state index in [-0.39, 0.29) is 38.8 Å². The summed E-state index contributed by atoms with van der Waals surface area (Å²) in [6, 6.07) is 0. The molecule has 0 aliphatic heterocycles. The first kappa shape index (κ1) is 51.0. The van der Waals surface area contributed by atoms with E-state index in [0.29, 0.717) is 6.42 Å². The maximum absolute atomic E-state index is 12.7. The van der Waals surface area contributed by atoms with Crippen molar-refractivity contribution in [3.05, 3.63) is 0 Å². The highest BCUT2D eigenvalue weighted by Gasteiger charge is 2.28. The van der Waals surface area contributed by atoms with Crippen molar-refractivity contribution in [2.45, 2.75) is 225 Å². The topological polar surface area (TPSA) is 123 Å². The van der Waals surface area contributed by atoms with Gasteiger partial charge < -0.3 is 15.2 Å². The van der Waals surface area contributed by atoms with Crippen LogP contribution in [0.3, 0.4) is 0 Å². The van der Waals surface area contributed by atoms with Crippen LogP contribution in [0, 0.1) is 0 Å². The lowest BCUT2D eigenvalue weighted by molar-refractivity contribution is -0.161. The summed E-state index contributed by atoms with van der Waals surface area (Å²) >= 11 is 0. The highest BCUT2D eigenvalue weighted by Crippen LogP contribution is 2.48. The zero-order valence-corrected chi connectivity index (χ0v) is 35.2. The van der Waals surface area contributed by atoms with Gasteiger partial charge in [-0.3, -0.25) is 23.2 Å². The Morgan fingerprint density at radius 1 is 0.500 bits per heavy atom. The quantitative estimate of drug-likeness (QED) is 0.0368. The molecule has 0 bridgehead atoms. The molecule has 0 aromatic rings. The fraction of sp³-hybridized carbons (Fsp3) is 0.952. The van der Waals surface area contributed by atoms with E-state index < -0.39 is 19.9 Å². The summed E-state index contributed by atoms with van der Waals surface area (Å²) in [5.41, 5.74) is 5.45. The van der Waals surface area contributed by atoms with Crippen molar-refractivity contribution in [1.82, 2.24) is 0 Å². The minimum atomic E-state index is -3.87. The number of unbranched alkanes of at least 4 members (excludes halogenated alkanes) is 28. The van der Waals surface area contributed by atoms with Gasteiger partial charge >= 0.3 is 19.8 Å². The normalized spacial score (nSPS) is 13.2. The van der Waals surface area contributed by atoms with Gasteiger partial charge in [-0.2, -0.15) is 0 Å². The molecule has 2 N–H and O–H groups in total. The van der Waals surface area contributed by atoms with Gasteiger partial charge in [0, 0.05) is 26.5 Å². The Bertz CT molecular complexity index is 830. The highest BCUT2D eigenvalue weighted by atomic mass is 31.2. The van der Waals surface area contributed by atoms with Crippen molar-refractivity contribution in [3.63, 3.8) is 0 Å². The Labute approximate surface area is 320 Å². The number of rotatable bonds is 42. The smallest absolute Gasteiger partial charge is 0.462 e. The van der Waals surface area contributed by atoms with Crippen LogP contribution in [0.15, 0.2) is 0 Å². The van der Waals surface area contributed by atoms with Gasteiger partial charge in [-0.25, -0.2) is 4.57 Å². The predicted molar refractivity (Wildman–Crippen MR) is 216 cm³/mol. The van der Waals surface area contributed by atoms with E-state index in [2.05, 4.69) is 13.8 Å². The van der Waals surface area contributed by atoms with E-state index in [1.165, 1.54) is 161 Å². The van der Waals surface area contributed by atoms with Crippen LogP contribution in [0.5, 0.6) is 0 Å². The zero-order chi connectivity index (χ0) is 38.2. The second-order valence-electron chi connectivity index (χ2n) is 14.7. The standard InChI is InChI=1S/C42H84NO8P/c1-4-6-8-10-12-14-16-18-20-22-24-26-28-30-32-34-41(44)48-38-40(39-50-52(46,47-3)49-37-36-43)51-42(45)35-33-31-29-27-25-23-21-19-17-15-13-11-9-7-5-2/h40H,4-39,43H2,1-3H3. The lowest BCUT2D eigenvalue weighted by atomic mass is 10.0. The summed E-state index contributed by atoms with van der Waals surface area (Å²) in [4.78, 5) is 25.1. The van der Waals surface area contributed by atoms with Crippen LogP contribution in [-0.2, 0) is 37.2 Å². The summed E-state index contributed by atoms with van der Waals surface area (Å²) in [5.74, 6) is -0.732. The molecule has 0 rings (SSSR count). The maximum atomic E-state index is 12.7. The third-order valence-corrected chi connectivity index (χ3v) is 11.1. The molecular weight excluding hydrogens is 677 g/mol. The van der Waals surface area contributed by atoms with Gasteiger partial charge in [-0.15, -0.1) is 0 Å². The van der Waals surface area contributed by atoms with E-state index in [1.807, 2.05) is 0 Å². The van der Waals surface area contributed by atoms with Gasteiger partial charge in [0.25, 0.3) is 0 Å². The fourth-order valence-electron chi connectivity index (χ4n) is 6.38. The molecule has 0 aromatic carbocycles. The van der Waals surface area contributed by atoms with Crippen molar-refractivity contribution < 1.29 is 37.2 Å². The zero-order valence-electron chi connectivity index (χ0n) is 34.3. The summed E-state index contributed by atoms with van der Waals surface area (Å²) in [5, 5.41) is 0. The van der Waals surface area contributed by atoms with Crippen LogP contribution in [0.4, 0.5) is 0 Å². The number of hydrogen-bond donors (Lipinski definition) is 1. The first-order valence-electron chi connectivity index (χ1n) is 21.9. The van der Waals surface area contributed by atoms with Gasteiger partial charge in [0.2, 0.25) is 0 Å². The highest BCUT2D eigenvalue weighted by molar-refractivity contribution is 7.48. The number of ether oxygens (including phenoxy) is 2. The molecule has 0 fully saturated rings. The average molecular weight is 762 g/mol. The molecule has 2 unspecified atom stereocenters. The Hall–Kier alpha value is -0.990. The van der Waals surface area contributed by atoms with Crippen LogP contribution < -0.4 is 5.73 Å². The lowest BCUT2D eigenvalue weighted by Crippen LogP contribution is -2.29. The molecule has 0 spiro atoms. The second-order valence-corrected chi connectivity index (χ2v) is 16.5. The Morgan fingerprint density at radius 2 is 0.846 bits per heavy atom. The van der Waals surface area contributed by atoms with Crippen molar-refractivity contribution in [3.8, 4) is 0 Å². The first-order valence-corrected chi connectivity index (χ1v) is 23.4. The van der Waals surface area contributed by atoms with Crippen molar-refractivity contribution >= 4 is 19.8 Å². The molecule has 0 heterocycles. The van der Waals surface area contributed by atoms with E-state index in [0.717, 1.165) is 38.5 Å². The molecule has 0 aromatic heterocycles. The van der Waals surface area contributed by atoms with Crippen molar-refractivity contribution in [2.24, 2.45) is 5.73 Å². The molecule has 0 radical (unpaired) electrons.